The van der Waals surface area contributed by atoms with E-state index in [1.807, 2.05) is 0 Å². The number of benzene rings is 1. The van der Waals surface area contributed by atoms with E-state index in [1.165, 1.54) is 12.1 Å². The summed E-state index contributed by atoms with van der Waals surface area (Å²) in [4.78, 5) is -0.173. The second-order valence-corrected chi connectivity index (χ2v) is 4.43. The van der Waals surface area contributed by atoms with Crippen molar-refractivity contribution in [1.29, 1.82) is 0 Å². The molecular weight excluding hydrogens is 270 g/mol. The van der Waals surface area contributed by atoms with Gasteiger partial charge in [-0.15, -0.1) is 0 Å². The number of thiocarbonyl (C=S) groups is 1. The molecule has 0 saturated carbocycles. The summed E-state index contributed by atoms with van der Waals surface area (Å²) >= 11 is 4.63. The largest absolute Gasteiger partial charge is 0.389 e. The number of nitrogens with two attached hydrogens (primary N) is 1. The van der Waals surface area contributed by atoms with Crippen molar-refractivity contribution in [2.75, 3.05) is 5.32 Å². The Labute approximate surface area is 114 Å². The van der Waals surface area contributed by atoms with Crippen LogP contribution < -0.4 is 11.1 Å². The van der Waals surface area contributed by atoms with Gasteiger partial charge in [-0.05, 0) is 18.2 Å². The highest BCUT2D eigenvalue weighted by molar-refractivity contribution is 7.80. The average Bonchev–Trinajstić information content (AvgIpc) is 2.76. The first-order chi connectivity index (χ1) is 8.99. The van der Waals surface area contributed by atoms with E-state index in [0.717, 1.165) is 5.69 Å². The molecule has 1 aromatic carbocycles. The number of hydrogen-bond donors (Lipinski definition) is 2. The van der Waals surface area contributed by atoms with Gasteiger partial charge >= 0.3 is 0 Å². The van der Waals surface area contributed by atoms with Gasteiger partial charge in [0, 0.05) is 18.8 Å². The fourth-order valence-electron chi connectivity index (χ4n) is 1.62. The number of nitrogens with one attached hydrogen (secondary N) is 1. The molecule has 0 aliphatic heterocycles. The van der Waals surface area contributed by atoms with Crippen molar-refractivity contribution >= 4 is 22.9 Å². The summed E-state index contributed by atoms with van der Waals surface area (Å²) in [6.07, 6.45) is 1.77. The molecule has 2 aromatic rings. The van der Waals surface area contributed by atoms with Crippen LogP contribution in [-0.2, 0) is 13.6 Å². The number of aryl methyl sites for hydroxylation is 1. The maximum Gasteiger partial charge on any atom is 0.182 e. The van der Waals surface area contributed by atoms with E-state index in [-0.39, 0.29) is 16.2 Å². The molecule has 4 nitrogen and oxygen atoms in total. The van der Waals surface area contributed by atoms with Gasteiger partial charge in [0.15, 0.2) is 11.6 Å². The van der Waals surface area contributed by atoms with Crippen LogP contribution in [0.25, 0.3) is 0 Å². The lowest BCUT2D eigenvalue weighted by Gasteiger charge is -2.09. The van der Waals surface area contributed by atoms with Crippen LogP contribution >= 0.6 is 12.2 Å². The maximum absolute atomic E-state index is 13.8. The first kappa shape index (κ1) is 13.4. The summed E-state index contributed by atoms with van der Waals surface area (Å²) < 4.78 is 29.0. The molecule has 3 N–H and O–H groups in total. The minimum Gasteiger partial charge on any atom is -0.389 e. The van der Waals surface area contributed by atoms with Gasteiger partial charge in [-0.1, -0.05) is 12.2 Å². The van der Waals surface area contributed by atoms with E-state index in [0.29, 0.717) is 6.54 Å². The van der Waals surface area contributed by atoms with Crippen LogP contribution in [0.1, 0.15) is 11.3 Å². The predicted molar refractivity (Wildman–Crippen MR) is 72.8 cm³/mol. The van der Waals surface area contributed by atoms with Gasteiger partial charge < -0.3 is 11.1 Å². The SMILES string of the molecule is Cn1ccc(CNc2ccc(C(N)=S)c(F)c2F)n1. The van der Waals surface area contributed by atoms with Gasteiger partial charge in [-0.3, -0.25) is 4.68 Å². The van der Waals surface area contributed by atoms with Crippen LogP contribution in [0.2, 0.25) is 0 Å². The molecule has 0 amide bonds. The van der Waals surface area contributed by atoms with E-state index >= 15 is 0 Å². The molecule has 0 radical (unpaired) electrons. The minimum absolute atomic E-state index is 0.0446. The van der Waals surface area contributed by atoms with E-state index in [4.69, 9.17) is 5.73 Å². The molecule has 0 unspecified atom stereocenters. The van der Waals surface area contributed by atoms with Gasteiger partial charge in [0.2, 0.25) is 0 Å². The zero-order valence-electron chi connectivity index (χ0n) is 10.2. The standard InChI is InChI=1S/C12H12F2N4S/c1-18-5-4-7(17-18)6-16-9-3-2-8(12(15)19)10(13)11(9)14/h2-5,16H,6H2,1H3,(H2,15,19). The van der Waals surface area contributed by atoms with Crippen LogP contribution in [0.3, 0.4) is 0 Å². The molecule has 0 fully saturated rings. The molecule has 0 aliphatic rings. The highest BCUT2D eigenvalue weighted by Gasteiger charge is 2.14. The molecule has 2 rings (SSSR count). The summed E-state index contributed by atoms with van der Waals surface area (Å²) in [6.45, 7) is 0.295. The molecular formula is C12H12F2N4S. The van der Waals surface area contributed by atoms with E-state index in [1.54, 1.807) is 24.0 Å². The summed E-state index contributed by atoms with van der Waals surface area (Å²) in [5.74, 6) is -2.04. The molecule has 7 heteroatoms. The Morgan fingerprint density at radius 2 is 2.11 bits per heavy atom. The van der Waals surface area contributed by atoms with E-state index < -0.39 is 11.6 Å². The molecule has 1 aromatic heterocycles. The third kappa shape index (κ3) is 2.87. The van der Waals surface area contributed by atoms with Crippen molar-refractivity contribution in [2.45, 2.75) is 6.54 Å². The lowest BCUT2D eigenvalue weighted by molar-refractivity contribution is 0.509. The Kier molecular flexibility index (Phi) is 3.75. The van der Waals surface area contributed by atoms with E-state index in [9.17, 15) is 8.78 Å². The molecule has 0 aliphatic carbocycles. The fraction of sp³-hybridized carbons (Fsp3) is 0.167. The normalized spacial score (nSPS) is 10.5. The summed E-state index contributed by atoms with van der Waals surface area (Å²) in [5.41, 5.74) is 5.96. The smallest absolute Gasteiger partial charge is 0.182 e. The first-order valence-corrected chi connectivity index (χ1v) is 5.90. The number of anilines is 1. The molecule has 0 saturated heterocycles. The topological polar surface area (TPSA) is 55.9 Å². The number of hydrogen-bond acceptors (Lipinski definition) is 3. The van der Waals surface area contributed by atoms with Gasteiger partial charge in [-0.2, -0.15) is 5.10 Å². The summed E-state index contributed by atoms with van der Waals surface area (Å²) in [5, 5.41) is 6.90. The molecule has 0 spiro atoms. The monoisotopic (exact) mass is 282 g/mol. The maximum atomic E-state index is 13.8. The minimum atomic E-state index is -1.04. The van der Waals surface area contributed by atoms with Crippen LogP contribution in [0.4, 0.5) is 14.5 Å². The highest BCUT2D eigenvalue weighted by Crippen LogP contribution is 2.21. The Balaban J connectivity index is 2.17. The lowest BCUT2D eigenvalue weighted by Crippen LogP contribution is -2.14. The molecule has 1 heterocycles. The van der Waals surface area contributed by atoms with Crippen LogP contribution in [0, 0.1) is 11.6 Å². The van der Waals surface area contributed by atoms with Crippen molar-refractivity contribution in [1.82, 2.24) is 9.78 Å². The number of rotatable bonds is 4. The Bertz CT molecular complexity index is 624. The number of aromatic nitrogens is 2. The van der Waals surface area contributed by atoms with Crippen molar-refractivity contribution in [3.05, 3.63) is 47.3 Å². The van der Waals surface area contributed by atoms with Gasteiger partial charge in [0.25, 0.3) is 0 Å². The molecule has 19 heavy (non-hydrogen) atoms. The fourth-order valence-corrected chi connectivity index (χ4v) is 1.78. The second kappa shape index (κ2) is 5.31. The van der Waals surface area contributed by atoms with Crippen molar-refractivity contribution in [2.24, 2.45) is 12.8 Å². The lowest BCUT2D eigenvalue weighted by atomic mass is 10.1. The van der Waals surface area contributed by atoms with Gasteiger partial charge in [0.1, 0.15) is 4.99 Å². The van der Waals surface area contributed by atoms with Crippen molar-refractivity contribution in [3.8, 4) is 0 Å². The van der Waals surface area contributed by atoms with Crippen molar-refractivity contribution < 1.29 is 8.78 Å². The molecule has 100 valence electrons. The zero-order valence-corrected chi connectivity index (χ0v) is 11.0. The average molecular weight is 282 g/mol. The molecule has 0 bridgehead atoms. The Morgan fingerprint density at radius 1 is 1.37 bits per heavy atom. The zero-order chi connectivity index (χ0) is 14.0. The van der Waals surface area contributed by atoms with Crippen LogP contribution in [0.15, 0.2) is 24.4 Å². The Hall–Kier alpha value is -2.02. The predicted octanol–water partition coefficient (Wildman–Crippen LogP) is 1.94. The summed E-state index contributed by atoms with van der Waals surface area (Å²) in [6, 6.07) is 4.53. The summed E-state index contributed by atoms with van der Waals surface area (Å²) in [7, 11) is 1.78. The number of nitrogens with zero attached hydrogens (tertiary/aromatic N) is 2. The van der Waals surface area contributed by atoms with E-state index in [2.05, 4.69) is 22.6 Å². The Morgan fingerprint density at radius 3 is 2.68 bits per heavy atom. The third-order valence-electron chi connectivity index (χ3n) is 2.58. The quantitative estimate of drug-likeness (QED) is 0.842. The number of halogens is 2. The van der Waals surface area contributed by atoms with Crippen molar-refractivity contribution in [3.63, 3.8) is 0 Å². The van der Waals surface area contributed by atoms with Gasteiger partial charge in [0.05, 0.1) is 17.9 Å². The molecule has 0 atom stereocenters. The second-order valence-electron chi connectivity index (χ2n) is 3.99. The van der Waals surface area contributed by atoms with Crippen LogP contribution in [0.5, 0.6) is 0 Å². The third-order valence-corrected chi connectivity index (χ3v) is 2.80. The van der Waals surface area contributed by atoms with Crippen LogP contribution in [-0.4, -0.2) is 14.8 Å². The van der Waals surface area contributed by atoms with Gasteiger partial charge in [-0.25, -0.2) is 8.78 Å². The highest BCUT2D eigenvalue weighted by atomic mass is 32.1. The first-order valence-electron chi connectivity index (χ1n) is 5.49.